The molecule has 0 atom stereocenters. The van der Waals surface area contributed by atoms with Crippen LogP contribution in [0.5, 0.6) is 0 Å². The van der Waals surface area contributed by atoms with Gasteiger partial charge in [0.05, 0.1) is 0 Å². The van der Waals surface area contributed by atoms with Gasteiger partial charge in [-0.1, -0.05) is 0 Å². The number of piperazine rings is 1. The molecule has 29 heavy (non-hydrogen) atoms. The molecule has 3 rings (SSSR count). The Labute approximate surface area is 190 Å². The second-order valence-electron chi connectivity index (χ2n) is 6.69. The molecule has 0 saturated carbocycles. The van der Waals surface area contributed by atoms with Crippen LogP contribution in [0.25, 0.3) is 0 Å². The first-order valence-corrected chi connectivity index (χ1v) is 10.1. The van der Waals surface area contributed by atoms with Crippen LogP contribution in [0.3, 0.4) is 0 Å². The molecule has 1 fully saturated rings. The maximum atomic E-state index is 4.66. The predicted octanol–water partition coefficient (Wildman–Crippen LogP) is 1.06. The molecule has 160 valence electrons. The third kappa shape index (κ3) is 8.13. The number of hydrogen-bond donors (Lipinski definition) is 2. The smallest absolute Gasteiger partial charge is 0.225 e. The molecule has 0 aliphatic carbocycles. The second-order valence-corrected chi connectivity index (χ2v) is 6.69. The van der Waals surface area contributed by atoms with Crippen LogP contribution in [0.4, 0.5) is 5.95 Å². The predicted molar refractivity (Wildman–Crippen MR) is 127 cm³/mol. The summed E-state index contributed by atoms with van der Waals surface area (Å²) < 4.78 is 1.94. The van der Waals surface area contributed by atoms with Crippen LogP contribution < -0.4 is 15.5 Å². The van der Waals surface area contributed by atoms with Gasteiger partial charge in [0.2, 0.25) is 5.95 Å². The van der Waals surface area contributed by atoms with E-state index in [4.69, 9.17) is 0 Å². The summed E-state index contributed by atoms with van der Waals surface area (Å²) in [4.78, 5) is 18.0. The summed E-state index contributed by atoms with van der Waals surface area (Å²) in [5, 5.41) is 11.0. The van der Waals surface area contributed by atoms with Gasteiger partial charge in [-0.15, -0.1) is 24.0 Å². The molecule has 0 radical (unpaired) electrons. The van der Waals surface area contributed by atoms with Crippen molar-refractivity contribution in [2.75, 3.05) is 57.3 Å². The van der Waals surface area contributed by atoms with Gasteiger partial charge in [0.25, 0.3) is 0 Å². The first-order chi connectivity index (χ1) is 13.8. The van der Waals surface area contributed by atoms with E-state index in [1.165, 1.54) is 0 Å². The first-order valence-electron chi connectivity index (χ1n) is 10.1. The number of aliphatic imine (C=N–C) groups is 1. The minimum Gasteiger partial charge on any atom is -0.357 e. The van der Waals surface area contributed by atoms with E-state index in [2.05, 4.69) is 47.4 Å². The number of guanidine groups is 1. The van der Waals surface area contributed by atoms with Crippen LogP contribution in [0.2, 0.25) is 0 Å². The van der Waals surface area contributed by atoms with Crippen molar-refractivity contribution in [1.82, 2.24) is 35.3 Å². The maximum absolute atomic E-state index is 4.66. The fourth-order valence-corrected chi connectivity index (χ4v) is 3.16. The molecule has 0 bridgehead atoms. The Morgan fingerprint density at radius 1 is 1.03 bits per heavy atom. The molecule has 0 unspecified atom stereocenters. The molecule has 2 N–H and O–H groups in total. The number of anilines is 1. The molecular formula is C19H32IN9. The summed E-state index contributed by atoms with van der Waals surface area (Å²) in [6.45, 7) is 10.5. The molecule has 3 heterocycles. The Hall–Kier alpha value is -1.95. The molecule has 0 spiro atoms. The van der Waals surface area contributed by atoms with Gasteiger partial charge in [0, 0.05) is 83.7 Å². The van der Waals surface area contributed by atoms with E-state index in [9.17, 15) is 0 Å². The van der Waals surface area contributed by atoms with Gasteiger partial charge in [0.1, 0.15) is 0 Å². The van der Waals surface area contributed by atoms with Crippen molar-refractivity contribution >= 4 is 35.9 Å². The highest BCUT2D eigenvalue weighted by molar-refractivity contribution is 14.0. The zero-order valence-corrected chi connectivity index (χ0v) is 19.4. The fourth-order valence-electron chi connectivity index (χ4n) is 3.16. The summed E-state index contributed by atoms with van der Waals surface area (Å²) in [5.74, 6) is 1.72. The van der Waals surface area contributed by atoms with E-state index in [0.717, 1.165) is 77.2 Å². The van der Waals surface area contributed by atoms with Gasteiger partial charge in [-0.05, 0) is 25.5 Å². The lowest BCUT2D eigenvalue weighted by atomic mass is 10.3. The van der Waals surface area contributed by atoms with Crippen molar-refractivity contribution in [2.45, 2.75) is 19.9 Å². The molecule has 0 amide bonds. The lowest BCUT2D eigenvalue weighted by Gasteiger charge is -2.34. The lowest BCUT2D eigenvalue weighted by molar-refractivity contribution is 0.260. The number of hydrogen-bond acceptors (Lipinski definition) is 6. The average Bonchev–Trinajstić information content (AvgIpc) is 3.26. The van der Waals surface area contributed by atoms with Crippen molar-refractivity contribution in [3.05, 3.63) is 36.9 Å². The van der Waals surface area contributed by atoms with Crippen LogP contribution in [0.1, 0.15) is 13.3 Å². The molecule has 2 aromatic heterocycles. The van der Waals surface area contributed by atoms with E-state index in [-0.39, 0.29) is 24.0 Å². The van der Waals surface area contributed by atoms with Crippen molar-refractivity contribution < 1.29 is 0 Å². The van der Waals surface area contributed by atoms with Crippen molar-refractivity contribution in [3.8, 4) is 0 Å². The lowest BCUT2D eigenvalue weighted by Crippen LogP contribution is -2.49. The Kier molecular flexibility index (Phi) is 10.7. The van der Waals surface area contributed by atoms with E-state index in [1.807, 2.05) is 29.2 Å². The van der Waals surface area contributed by atoms with E-state index in [1.54, 1.807) is 12.4 Å². The molecule has 10 heteroatoms. The number of nitrogens with one attached hydrogen (secondary N) is 2. The molecule has 2 aromatic rings. The minimum atomic E-state index is 0. The average molecular weight is 513 g/mol. The molecular weight excluding hydrogens is 481 g/mol. The highest BCUT2D eigenvalue weighted by Crippen LogP contribution is 2.08. The fraction of sp³-hybridized carbons (Fsp3) is 0.579. The maximum Gasteiger partial charge on any atom is 0.225 e. The topological polar surface area (TPSA) is 86.5 Å². The first kappa shape index (κ1) is 23.3. The van der Waals surface area contributed by atoms with Crippen molar-refractivity contribution in [3.63, 3.8) is 0 Å². The van der Waals surface area contributed by atoms with E-state index < -0.39 is 0 Å². The van der Waals surface area contributed by atoms with Crippen molar-refractivity contribution in [2.24, 2.45) is 4.99 Å². The molecule has 1 aliphatic heterocycles. The van der Waals surface area contributed by atoms with Gasteiger partial charge in [-0.2, -0.15) is 5.10 Å². The second kappa shape index (κ2) is 13.3. The van der Waals surface area contributed by atoms with Gasteiger partial charge in [0.15, 0.2) is 5.96 Å². The summed E-state index contributed by atoms with van der Waals surface area (Å²) in [5.41, 5.74) is 0. The van der Waals surface area contributed by atoms with Gasteiger partial charge >= 0.3 is 0 Å². The van der Waals surface area contributed by atoms with Crippen LogP contribution in [0.15, 0.2) is 41.9 Å². The molecule has 9 nitrogen and oxygen atoms in total. The Morgan fingerprint density at radius 2 is 1.83 bits per heavy atom. The summed E-state index contributed by atoms with van der Waals surface area (Å²) in [6, 6.07) is 3.80. The standard InChI is InChI=1S/C19H31N9.HI/c1-2-20-18(21-8-4-11-28-12-5-9-25-28)22-10-13-26-14-16-27(17-15-26)19-23-6-3-7-24-19;/h3,5-7,9,12H,2,4,8,10-11,13-17H2,1H3,(H2,20,21,22);1H. The zero-order chi connectivity index (χ0) is 19.4. The summed E-state index contributed by atoms with van der Waals surface area (Å²) in [6.07, 6.45) is 8.37. The van der Waals surface area contributed by atoms with Gasteiger partial charge in [-0.3, -0.25) is 14.6 Å². The molecule has 1 aliphatic rings. The molecule has 0 aromatic carbocycles. The zero-order valence-electron chi connectivity index (χ0n) is 17.1. The number of rotatable bonds is 9. The quantitative estimate of drug-likeness (QED) is 0.225. The highest BCUT2D eigenvalue weighted by Gasteiger charge is 2.18. The summed E-state index contributed by atoms with van der Waals surface area (Å²) in [7, 11) is 0. The van der Waals surface area contributed by atoms with Gasteiger partial charge < -0.3 is 15.5 Å². The monoisotopic (exact) mass is 513 g/mol. The van der Waals surface area contributed by atoms with E-state index in [0.29, 0.717) is 0 Å². The van der Waals surface area contributed by atoms with Crippen LogP contribution >= 0.6 is 24.0 Å². The normalized spacial score (nSPS) is 15.1. The Balaban J connectivity index is 0.00000300. The Morgan fingerprint density at radius 3 is 2.52 bits per heavy atom. The summed E-state index contributed by atoms with van der Waals surface area (Å²) >= 11 is 0. The van der Waals surface area contributed by atoms with E-state index >= 15 is 0 Å². The largest absolute Gasteiger partial charge is 0.357 e. The minimum absolute atomic E-state index is 0. The van der Waals surface area contributed by atoms with Crippen molar-refractivity contribution in [1.29, 1.82) is 0 Å². The highest BCUT2D eigenvalue weighted by atomic mass is 127. The van der Waals surface area contributed by atoms with Crippen LogP contribution in [-0.2, 0) is 6.54 Å². The van der Waals surface area contributed by atoms with Gasteiger partial charge in [-0.25, -0.2) is 9.97 Å². The third-order valence-corrected chi connectivity index (χ3v) is 4.65. The van der Waals surface area contributed by atoms with Crippen LogP contribution in [-0.4, -0.2) is 83.0 Å². The Bertz CT molecular complexity index is 685. The SMILES string of the molecule is CCNC(=NCCCn1cccn1)NCCN1CCN(c2ncccn2)CC1.I. The number of aryl methyl sites for hydroxylation is 1. The number of halogens is 1. The van der Waals surface area contributed by atoms with Crippen LogP contribution in [0, 0.1) is 0 Å². The number of aromatic nitrogens is 4. The third-order valence-electron chi connectivity index (χ3n) is 4.65. The molecule has 1 saturated heterocycles. The number of nitrogens with zero attached hydrogens (tertiary/aromatic N) is 7.